The third kappa shape index (κ3) is 2.07. The number of hydrogen-bond donors (Lipinski definition) is 2. The summed E-state index contributed by atoms with van der Waals surface area (Å²) in [5.41, 5.74) is -0.104. The van der Waals surface area contributed by atoms with E-state index in [0.717, 1.165) is 0 Å². The smallest absolute Gasteiger partial charge is 0.154 e. The van der Waals surface area contributed by atoms with Crippen LogP contribution in [0.3, 0.4) is 0 Å². The highest BCUT2D eigenvalue weighted by atomic mass is 16.4. The van der Waals surface area contributed by atoms with Crippen LogP contribution < -0.4 is 0 Å². The van der Waals surface area contributed by atoms with Gasteiger partial charge in [-0.1, -0.05) is 72.8 Å². The minimum Gasteiger partial charge on any atom is -0.376 e. The maximum absolute atomic E-state index is 12.3. The van der Waals surface area contributed by atoms with E-state index in [9.17, 15) is 10.2 Å². The van der Waals surface area contributed by atoms with Crippen LogP contribution in [-0.2, 0) is 11.2 Å². The van der Waals surface area contributed by atoms with Gasteiger partial charge in [0.15, 0.2) is 11.2 Å². The SMILES string of the molecule is O[C@@]1(c2ccccc2)c2cccnc2-c2ncccc2[C@@]1(O)c1ccccc1. The number of rotatable bonds is 2. The molecule has 4 heteroatoms. The summed E-state index contributed by atoms with van der Waals surface area (Å²) in [6.45, 7) is 0. The summed E-state index contributed by atoms with van der Waals surface area (Å²) >= 11 is 0. The van der Waals surface area contributed by atoms with E-state index in [2.05, 4.69) is 9.97 Å². The molecule has 28 heavy (non-hydrogen) atoms. The van der Waals surface area contributed by atoms with E-state index >= 15 is 0 Å². The third-order valence-corrected chi connectivity index (χ3v) is 5.53. The lowest BCUT2D eigenvalue weighted by atomic mass is 9.62. The summed E-state index contributed by atoms with van der Waals surface area (Å²) < 4.78 is 0. The Balaban J connectivity index is 1.96. The number of fused-ring (bicyclic) bond motifs is 3. The fourth-order valence-electron chi connectivity index (χ4n) is 4.25. The molecule has 2 aromatic heterocycles. The third-order valence-electron chi connectivity index (χ3n) is 5.53. The number of aliphatic hydroxyl groups is 2. The van der Waals surface area contributed by atoms with E-state index in [1.165, 1.54) is 0 Å². The van der Waals surface area contributed by atoms with Crippen LogP contribution in [0, 0.1) is 0 Å². The lowest BCUT2D eigenvalue weighted by molar-refractivity contribution is -0.114. The van der Waals surface area contributed by atoms with Crippen molar-refractivity contribution in [1.82, 2.24) is 9.97 Å². The summed E-state index contributed by atoms with van der Waals surface area (Å²) in [7, 11) is 0. The molecule has 1 aliphatic carbocycles. The molecule has 1 aliphatic rings. The predicted octanol–water partition coefficient (Wildman–Crippen LogP) is 3.63. The molecule has 2 N–H and O–H groups in total. The number of nitrogens with zero attached hydrogens (tertiary/aromatic N) is 2. The molecule has 0 spiro atoms. The molecule has 0 bridgehead atoms. The standard InChI is InChI=1S/C24H18N2O2/c27-23(17-9-3-1-4-10-17)19-13-7-15-25-21(19)22-20(14-8-16-26-22)24(23,28)18-11-5-2-6-12-18/h1-16,27-28H/t23-,24-/m0/s1. The van der Waals surface area contributed by atoms with Crippen LogP contribution in [0.15, 0.2) is 97.3 Å². The molecule has 2 aromatic carbocycles. The normalized spacial score (nSPS) is 22.9. The number of benzene rings is 2. The summed E-state index contributed by atoms with van der Waals surface area (Å²) in [5.74, 6) is 0. The van der Waals surface area contributed by atoms with Crippen molar-refractivity contribution >= 4 is 0 Å². The van der Waals surface area contributed by atoms with Crippen molar-refractivity contribution in [3.05, 3.63) is 120 Å². The molecular formula is C24H18N2O2. The molecular weight excluding hydrogens is 348 g/mol. The predicted molar refractivity (Wildman–Crippen MR) is 106 cm³/mol. The maximum atomic E-state index is 12.3. The Bertz CT molecular complexity index is 1050. The Morgan fingerprint density at radius 2 is 0.893 bits per heavy atom. The first-order valence-electron chi connectivity index (χ1n) is 9.14. The average molecular weight is 366 g/mol. The van der Waals surface area contributed by atoms with Gasteiger partial charge in [-0.15, -0.1) is 0 Å². The van der Waals surface area contributed by atoms with Crippen LogP contribution in [-0.4, -0.2) is 20.2 Å². The largest absolute Gasteiger partial charge is 0.376 e. The maximum Gasteiger partial charge on any atom is 0.154 e. The van der Waals surface area contributed by atoms with E-state index in [-0.39, 0.29) is 0 Å². The van der Waals surface area contributed by atoms with Crippen molar-refractivity contribution in [1.29, 1.82) is 0 Å². The molecule has 4 aromatic rings. The molecule has 0 amide bonds. The van der Waals surface area contributed by atoms with E-state index in [1.54, 1.807) is 36.7 Å². The van der Waals surface area contributed by atoms with Crippen molar-refractivity contribution in [3.8, 4) is 11.4 Å². The molecule has 0 unspecified atom stereocenters. The summed E-state index contributed by atoms with van der Waals surface area (Å²) in [5, 5.41) is 24.6. The van der Waals surface area contributed by atoms with Crippen LogP contribution in [0.4, 0.5) is 0 Å². The van der Waals surface area contributed by atoms with Crippen molar-refractivity contribution in [2.24, 2.45) is 0 Å². The van der Waals surface area contributed by atoms with Gasteiger partial charge in [-0.05, 0) is 23.3 Å². The van der Waals surface area contributed by atoms with Gasteiger partial charge in [-0.3, -0.25) is 9.97 Å². The van der Waals surface area contributed by atoms with Gasteiger partial charge in [0.05, 0.1) is 11.4 Å². The van der Waals surface area contributed by atoms with Crippen LogP contribution in [0.25, 0.3) is 11.4 Å². The molecule has 136 valence electrons. The van der Waals surface area contributed by atoms with Gasteiger partial charge in [-0.2, -0.15) is 0 Å². The number of hydrogen-bond acceptors (Lipinski definition) is 4. The van der Waals surface area contributed by atoms with E-state index in [1.807, 2.05) is 60.7 Å². The summed E-state index contributed by atoms with van der Waals surface area (Å²) in [6, 6.07) is 25.6. The Hall–Kier alpha value is -3.34. The van der Waals surface area contributed by atoms with Crippen molar-refractivity contribution in [3.63, 3.8) is 0 Å². The monoisotopic (exact) mass is 366 g/mol. The van der Waals surface area contributed by atoms with Crippen LogP contribution >= 0.6 is 0 Å². The van der Waals surface area contributed by atoms with Gasteiger partial charge in [0.1, 0.15) is 0 Å². The topological polar surface area (TPSA) is 66.2 Å². The highest BCUT2D eigenvalue weighted by Crippen LogP contribution is 2.56. The summed E-state index contributed by atoms with van der Waals surface area (Å²) in [6.07, 6.45) is 3.35. The number of pyridine rings is 2. The zero-order valence-electron chi connectivity index (χ0n) is 15.0. The Labute approximate surface area is 162 Å². The highest BCUT2D eigenvalue weighted by Gasteiger charge is 2.59. The molecule has 0 fully saturated rings. The van der Waals surface area contributed by atoms with Crippen molar-refractivity contribution < 1.29 is 10.2 Å². The molecule has 4 nitrogen and oxygen atoms in total. The Morgan fingerprint density at radius 3 is 1.29 bits per heavy atom. The van der Waals surface area contributed by atoms with Crippen LogP contribution in [0.2, 0.25) is 0 Å². The van der Waals surface area contributed by atoms with Gasteiger partial charge in [0.25, 0.3) is 0 Å². The summed E-state index contributed by atoms with van der Waals surface area (Å²) in [4.78, 5) is 9.01. The second-order valence-electron chi connectivity index (χ2n) is 6.95. The molecule has 0 radical (unpaired) electrons. The highest BCUT2D eigenvalue weighted by molar-refractivity contribution is 5.74. The van der Waals surface area contributed by atoms with Gasteiger partial charge < -0.3 is 10.2 Å². The van der Waals surface area contributed by atoms with Gasteiger partial charge in [0, 0.05) is 23.5 Å². The fraction of sp³-hybridized carbons (Fsp3) is 0.0833. The van der Waals surface area contributed by atoms with Crippen molar-refractivity contribution in [2.45, 2.75) is 11.2 Å². The first-order valence-corrected chi connectivity index (χ1v) is 9.14. The van der Waals surface area contributed by atoms with E-state index in [0.29, 0.717) is 33.6 Å². The fourth-order valence-corrected chi connectivity index (χ4v) is 4.25. The van der Waals surface area contributed by atoms with Gasteiger partial charge in [-0.25, -0.2) is 0 Å². The first-order chi connectivity index (χ1) is 13.7. The van der Waals surface area contributed by atoms with Crippen LogP contribution in [0.1, 0.15) is 22.3 Å². The van der Waals surface area contributed by atoms with Gasteiger partial charge >= 0.3 is 0 Å². The second kappa shape index (κ2) is 6.09. The Morgan fingerprint density at radius 1 is 0.500 bits per heavy atom. The zero-order chi connectivity index (χ0) is 19.2. The van der Waals surface area contributed by atoms with E-state index in [4.69, 9.17) is 0 Å². The molecule has 0 saturated heterocycles. The lowest BCUT2D eigenvalue weighted by Gasteiger charge is -2.48. The average Bonchev–Trinajstić information content (AvgIpc) is 2.78. The second-order valence-corrected chi connectivity index (χ2v) is 6.95. The van der Waals surface area contributed by atoms with E-state index < -0.39 is 11.2 Å². The minimum atomic E-state index is -1.74. The molecule has 2 heterocycles. The molecule has 0 saturated carbocycles. The molecule has 2 atom stereocenters. The van der Waals surface area contributed by atoms with Gasteiger partial charge in [0.2, 0.25) is 0 Å². The molecule has 5 rings (SSSR count). The van der Waals surface area contributed by atoms with Crippen molar-refractivity contribution in [2.75, 3.05) is 0 Å². The van der Waals surface area contributed by atoms with Crippen LogP contribution in [0.5, 0.6) is 0 Å². The zero-order valence-corrected chi connectivity index (χ0v) is 15.0. The number of aromatic nitrogens is 2. The first kappa shape index (κ1) is 16.8. The minimum absolute atomic E-state index is 0.527. The molecule has 0 aliphatic heterocycles. The quantitative estimate of drug-likeness (QED) is 0.569. The Kier molecular flexibility index (Phi) is 3.66. The lowest BCUT2D eigenvalue weighted by Crippen LogP contribution is -2.53.